The van der Waals surface area contributed by atoms with Crippen LogP contribution in [-0.4, -0.2) is 33.9 Å². The summed E-state index contributed by atoms with van der Waals surface area (Å²) in [6.45, 7) is 3.80. The van der Waals surface area contributed by atoms with Gasteiger partial charge in [-0.3, -0.25) is 9.78 Å². The molecule has 1 saturated heterocycles. The van der Waals surface area contributed by atoms with Gasteiger partial charge in [0.05, 0.1) is 20.5 Å². The van der Waals surface area contributed by atoms with E-state index >= 15 is 0 Å². The fraction of sp³-hybridized carbons (Fsp3) is 0.389. The fourth-order valence-electron chi connectivity index (χ4n) is 2.83. The molecule has 9 heteroatoms. The van der Waals surface area contributed by atoms with Crippen molar-refractivity contribution >= 4 is 64.1 Å². The summed E-state index contributed by atoms with van der Waals surface area (Å²) < 4.78 is 0. The Morgan fingerprint density at radius 3 is 2.41 bits per heavy atom. The van der Waals surface area contributed by atoms with E-state index in [4.69, 9.17) is 46.4 Å². The van der Waals surface area contributed by atoms with E-state index in [-0.39, 0.29) is 26.3 Å². The van der Waals surface area contributed by atoms with Crippen LogP contribution in [0, 0.1) is 5.92 Å². The number of nitrogens with zero attached hydrogens (tertiary/aromatic N) is 3. The lowest BCUT2D eigenvalue weighted by Crippen LogP contribution is -2.37. The summed E-state index contributed by atoms with van der Waals surface area (Å²) >= 11 is 25.7. The first kappa shape index (κ1) is 21.0. The first-order chi connectivity index (χ1) is 12.9. The van der Waals surface area contributed by atoms with Crippen LogP contribution in [0.4, 0.5) is 0 Å². The van der Waals surface area contributed by atoms with E-state index in [1.807, 2.05) is 11.0 Å². The van der Waals surface area contributed by atoms with E-state index in [1.54, 1.807) is 12.4 Å². The van der Waals surface area contributed by atoms with Gasteiger partial charge in [-0.05, 0) is 30.4 Å². The lowest BCUT2D eigenvalue weighted by Gasteiger charge is -2.30. The molecule has 27 heavy (non-hydrogen) atoms. The zero-order valence-electron chi connectivity index (χ0n) is 14.5. The maximum Gasteiger partial charge on any atom is 0.255 e. The molecule has 0 aromatic carbocycles. The van der Waals surface area contributed by atoms with Crippen molar-refractivity contribution in [2.75, 3.05) is 13.1 Å². The third kappa shape index (κ3) is 5.01. The van der Waals surface area contributed by atoms with Gasteiger partial charge in [-0.2, -0.15) is 0 Å². The Labute approximate surface area is 182 Å². The molecule has 4 nitrogen and oxygen atoms in total. The summed E-state index contributed by atoms with van der Waals surface area (Å²) in [4.78, 5) is 23.3. The maximum absolute atomic E-state index is 12.7. The number of pyridine rings is 2. The van der Waals surface area contributed by atoms with Crippen LogP contribution in [0.5, 0.6) is 0 Å². The smallest absolute Gasteiger partial charge is 0.255 e. The number of hydrogen-bond acceptors (Lipinski definition) is 4. The highest BCUT2D eigenvalue weighted by molar-refractivity contribution is 7.98. The molecule has 0 bridgehead atoms. The van der Waals surface area contributed by atoms with E-state index < -0.39 is 0 Å². The molecule has 0 N–H and O–H groups in total. The standard InChI is InChI=1S/C18H17Cl4N3OS/c1-10-2-4-25(5-3-10)18(26)12-6-11(7-23-8-12)9-27-15-13(19)16(21)24-17(22)14(15)20/h6-8,10H,2-5,9H2,1H3. The molecule has 0 saturated carbocycles. The first-order valence-electron chi connectivity index (χ1n) is 8.42. The van der Waals surface area contributed by atoms with Gasteiger partial charge in [0.25, 0.3) is 5.91 Å². The van der Waals surface area contributed by atoms with E-state index in [0.29, 0.717) is 22.1 Å². The van der Waals surface area contributed by atoms with Crippen LogP contribution >= 0.6 is 58.2 Å². The summed E-state index contributed by atoms with van der Waals surface area (Å²) in [5.41, 5.74) is 1.47. The number of aromatic nitrogens is 2. The molecule has 0 spiro atoms. The van der Waals surface area contributed by atoms with Crippen LogP contribution < -0.4 is 0 Å². The molecule has 0 aliphatic carbocycles. The molecule has 1 amide bonds. The number of thioether (sulfide) groups is 1. The van der Waals surface area contributed by atoms with Crippen LogP contribution in [0.25, 0.3) is 0 Å². The highest BCUT2D eigenvalue weighted by Crippen LogP contribution is 2.42. The van der Waals surface area contributed by atoms with Crippen LogP contribution in [0.2, 0.25) is 20.4 Å². The molecule has 2 aromatic rings. The minimum absolute atomic E-state index is 0.0207. The fourth-order valence-corrected chi connectivity index (χ4v) is 4.91. The van der Waals surface area contributed by atoms with Crippen LogP contribution in [0.15, 0.2) is 23.4 Å². The highest BCUT2D eigenvalue weighted by Gasteiger charge is 2.22. The Hall–Kier alpha value is -0.720. The second kappa shape index (κ2) is 9.19. The van der Waals surface area contributed by atoms with Crippen molar-refractivity contribution in [3.8, 4) is 0 Å². The molecule has 0 radical (unpaired) electrons. The first-order valence-corrected chi connectivity index (χ1v) is 10.9. The van der Waals surface area contributed by atoms with Crippen LogP contribution in [-0.2, 0) is 5.75 Å². The molecule has 0 unspecified atom stereocenters. The minimum atomic E-state index is 0.0207. The van der Waals surface area contributed by atoms with Crippen LogP contribution in [0.3, 0.4) is 0 Å². The van der Waals surface area contributed by atoms with Gasteiger partial charge in [0, 0.05) is 31.2 Å². The number of halogens is 4. The number of rotatable bonds is 4. The summed E-state index contributed by atoms with van der Waals surface area (Å²) in [6, 6.07) is 1.85. The van der Waals surface area contributed by atoms with Gasteiger partial charge in [-0.1, -0.05) is 53.3 Å². The maximum atomic E-state index is 12.7. The Balaban J connectivity index is 1.73. The van der Waals surface area contributed by atoms with E-state index in [2.05, 4.69) is 16.9 Å². The molecular weight excluding hydrogens is 448 g/mol. The Morgan fingerprint density at radius 2 is 1.78 bits per heavy atom. The molecule has 1 aliphatic rings. The largest absolute Gasteiger partial charge is 0.339 e. The monoisotopic (exact) mass is 463 g/mol. The molecular formula is C18H17Cl4N3OS. The van der Waals surface area contributed by atoms with Gasteiger partial charge < -0.3 is 4.90 Å². The van der Waals surface area contributed by atoms with E-state index in [0.717, 1.165) is 31.5 Å². The van der Waals surface area contributed by atoms with Gasteiger partial charge in [0.1, 0.15) is 0 Å². The van der Waals surface area contributed by atoms with Gasteiger partial charge in [-0.15, -0.1) is 11.8 Å². The number of hydrogen-bond donors (Lipinski definition) is 0. The molecule has 1 aliphatic heterocycles. The topological polar surface area (TPSA) is 46.1 Å². The average molecular weight is 465 g/mol. The number of amides is 1. The quantitative estimate of drug-likeness (QED) is 0.396. The molecule has 2 aromatic heterocycles. The summed E-state index contributed by atoms with van der Waals surface area (Å²) in [6.07, 6.45) is 5.40. The summed E-state index contributed by atoms with van der Waals surface area (Å²) in [5.74, 6) is 1.21. The lowest BCUT2D eigenvalue weighted by molar-refractivity contribution is 0.0696. The predicted molar refractivity (Wildman–Crippen MR) is 112 cm³/mol. The SMILES string of the molecule is CC1CCN(C(=O)c2cncc(CSc3c(Cl)c(Cl)nc(Cl)c3Cl)c2)CC1. The second-order valence-electron chi connectivity index (χ2n) is 6.50. The molecule has 0 atom stereocenters. The molecule has 1 fully saturated rings. The lowest BCUT2D eigenvalue weighted by atomic mass is 9.99. The zero-order valence-corrected chi connectivity index (χ0v) is 18.4. The summed E-state index contributed by atoms with van der Waals surface area (Å²) in [5, 5.41) is 0.738. The third-order valence-corrected chi connectivity index (χ3v) is 7.33. The molecule has 3 heterocycles. The number of piperidine rings is 1. The van der Waals surface area contributed by atoms with Crippen molar-refractivity contribution in [1.82, 2.24) is 14.9 Å². The van der Waals surface area contributed by atoms with Crippen molar-refractivity contribution in [2.24, 2.45) is 5.92 Å². The van der Waals surface area contributed by atoms with Crippen molar-refractivity contribution in [2.45, 2.75) is 30.4 Å². The number of carbonyl (C=O) groups excluding carboxylic acids is 1. The minimum Gasteiger partial charge on any atom is -0.339 e. The average Bonchev–Trinajstić information content (AvgIpc) is 2.67. The Kier molecular flexibility index (Phi) is 7.14. The van der Waals surface area contributed by atoms with Gasteiger partial charge in [-0.25, -0.2) is 4.98 Å². The second-order valence-corrected chi connectivity index (χ2v) is 8.95. The van der Waals surface area contributed by atoms with Crippen LogP contribution in [0.1, 0.15) is 35.7 Å². The van der Waals surface area contributed by atoms with E-state index in [1.165, 1.54) is 11.8 Å². The molecule has 144 valence electrons. The van der Waals surface area contributed by atoms with Crippen molar-refractivity contribution in [3.63, 3.8) is 0 Å². The third-order valence-electron chi connectivity index (χ3n) is 4.45. The van der Waals surface area contributed by atoms with E-state index in [9.17, 15) is 4.79 Å². The predicted octanol–water partition coefficient (Wildman–Crippen LogP) is 6.25. The van der Waals surface area contributed by atoms with Gasteiger partial charge in [0.15, 0.2) is 10.3 Å². The summed E-state index contributed by atoms with van der Waals surface area (Å²) in [7, 11) is 0. The Morgan fingerprint density at radius 1 is 1.15 bits per heavy atom. The van der Waals surface area contributed by atoms with Crippen molar-refractivity contribution < 1.29 is 4.79 Å². The zero-order chi connectivity index (χ0) is 19.6. The number of carbonyl (C=O) groups is 1. The molecule has 3 rings (SSSR count). The Bertz CT molecular complexity index is 830. The van der Waals surface area contributed by atoms with Gasteiger partial charge in [0.2, 0.25) is 0 Å². The highest BCUT2D eigenvalue weighted by atomic mass is 35.5. The van der Waals surface area contributed by atoms with Crippen molar-refractivity contribution in [1.29, 1.82) is 0 Å². The normalized spacial score (nSPS) is 15.2. The van der Waals surface area contributed by atoms with Gasteiger partial charge >= 0.3 is 0 Å². The number of likely N-dealkylation sites (tertiary alicyclic amines) is 1. The van der Waals surface area contributed by atoms with Crippen molar-refractivity contribution in [3.05, 3.63) is 49.9 Å².